The summed E-state index contributed by atoms with van der Waals surface area (Å²) < 4.78 is 44.5. The van der Waals surface area contributed by atoms with Crippen molar-refractivity contribution >= 4 is 33.8 Å². The predicted octanol–water partition coefficient (Wildman–Crippen LogP) is 0.818. The third kappa shape index (κ3) is 4.69. The van der Waals surface area contributed by atoms with Crippen LogP contribution in [0.15, 0.2) is 20.6 Å². The maximum Gasteiger partial charge on any atom is 0.335 e. The summed E-state index contributed by atoms with van der Waals surface area (Å²) in [6.07, 6.45) is 1.72. The quantitative estimate of drug-likeness (QED) is 0.465. The van der Waals surface area contributed by atoms with E-state index in [1.54, 1.807) is 13.3 Å². The molecule has 14 nitrogen and oxygen atoms in total. The zero-order valence-electron chi connectivity index (χ0n) is 17.0. The number of hydrogen-bond donors (Lipinski definition) is 2. The second kappa shape index (κ2) is 8.76. The minimum absolute atomic E-state index is 0.0904. The monoisotopic (exact) mass is 470 g/mol. The SMILES string of the molecule is COc1cc(OC)nc(NC(=O)NS(=O)(=O)c2c(-c3nnc(SC)o3)nn(C)c2C)n1. The molecule has 31 heavy (non-hydrogen) atoms. The number of sulfonamides is 1. The molecule has 0 fully saturated rings. The number of urea groups is 1. The van der Waals surface area contributed by atoms with Crippen molar-refractivity contribution in [1.29, 1.82) is 0 Å². The average Bonchev–Trinajstić information content (AvgIpc) is 3.32. The number of ether oxygens (including phenoxy) is 2. The van der Waals surface area contributed by atoms with Crippen molar-refractivity contribution in [3.63, 3.8) is 0 Å². The van der Waals surface area contributed by atoms with E-state index in [2.05, 4.69) is 30.6 Å². The number of rotatable bonds is 7. The molecule has 16 heteroatoms. The van der Waals surface area contributed by atoms with E-state index in [0.29, 0.717) is 0 Å². The first kappa shape index (κ1) is 22.3. The maximum absolute atomic E-state index is 13.0. The molecule has 0 aromatic carbocycles. The Bertz CT molecular complexity index is 1200. The van der Waals surface area contributed by atoms with Gasteiger partial charge in [-0.25, -0.2) is 17.9 Å². The highest BCUT2D eigenvalue weighted by Gasteiger charge is 2.31. The molecule has 0 atom stereocenters. The second-order valence-corrected chi connectivity index (χ2v) is 8.18. The van der Waals surface area contributed by atoms with Crippen molar-refractivity contribution in [2.24, 2.45) is 7.05 Å². The number of amides is 2. The Kier molecular flexibility index (Phi) is 6.30. The molecule has 2 amide bonds. The van der Waals surface area contributed by atoms with E-state index >= 15 is 0 Å². The fourth-order valence-electron chi connectivity index (χ4n) is 2.41. The van der Waals surface area contributed by atoms with Crippen LogP contribution >= 0.6 is 11.8 Å². The molecule has 166 valence electrons. The lowest BCUT2D eigenvalue weighted by molar-refractivity contribution is 0.256. The zero-order chi connectivity index (χ0) is 22.8. The van der Waals surface area contributed by atoms with Crippen LogP contribution in [-0.2, 0) is 17.1 Å². The number of hydrogen-bond acceptors (Lipinski definition) is 12. The van der Waals surface area contributed by atoms with E-state index in [-0.39, 0.29) is 45.1 Å². The lowest BCUT2D eigenvalue weighted by Crippen LogP contribution is -2.35. The number of aryl methyl sites for hydroxylation is 1. The lowest BCUT2D eigenvalue weighted by Gasteiger charge is -2.09. The van der Waals surface area contributed by atoms with Crippen molar-refractivity contribution < 1.29 is 27.1 Å². The van der Waals surface area contributed by atoms with Crippen LogP contribution in [0.4, 0.5) is 10.7 Å². The van der Waals surface area contributed by atoms with E-state index in [1.807, 2.05) is 4.72 Å². The standard InChI is InChI=1S/C15H18N8O6S2/c1-7-11(10(21-23(7)2)12-19-20-15(29-12)30-5)31(25,26)22-14(24)18-13-16-8(27-3)6-9(17-13)28-4/h6H,1-5H3,(H2,16,17,18,22,24). The first-order chi connectivity index (χ1) is 14.7. The number of aromatic nitrogens is 6. The van der Waals surface area contributed by atoms with Crippen molar-refractivity contribution in [3.05, 3.63) is 11.8 Å². The van der Waals surface area contributed by atoms with Gasteiger partial charge in [0.2, 0.25) is 17.7 Å². The molecule has 3 rings (SSSR count). The van der Waals surface area contributed by atoms with Crippen LogP contribution in [0.2, 0.25) is 0 Å². The Hall–Kier alpha value is -3.40. The van der Waals surface area contributed by atoms with E-state index in [4.69, 9.17) is 13.9 Å². The Balaban J connectivity index is 1.90. The van der Waals surface area contributed by atoms with Gasteiger partial charge in [-0.3, -0.25) is 10.00 Å². The number of methoxy groups -OCH3 is 2. The first-order valence-corrected chi connectivity index (χ1v) is 11.1. The summed E-state index contributed by atoms with van der Waals surface area (Å²) in [6.45, 7) is 1.52. The van der Waals surface area contributed by atoms with Gasteiger partial charge in [-0.15, -0.1) is 10.2 Å². The number of carbonyl (C=O) groups is 1. The van der Waals surface area contributed by atoms with Gasteiger partial charge in [0.15, 0.2) is 5.69 Å². The highest BCUT2D eigenvalue weighted by molar-refractivity contribution is 7.98. The molecule has 0 bridgehead atoms. The molecule has 2 N–H and O–H groups in total. The van der Waals surface area contributed by atoms with Crippen LogP contribution in [0, 0.1) is 6.92 Å². The zero-order valence-corrected chi connectivity index (χ0v) is 18.7. The number of thioether (sulfide) groups is 1. The predicted molar refractivity (Wildman–Crippen MR) is 107 cm³/mol. The van der Waals surface area contributed by atoms with Crippen LogP contribution in [0.25, 0.3) is 11.6 Å². The molecule has 3 heterocycles. The minimum atomic E-state index is -4.40. The lowest BCUT2D eigenvalue weighted by atomic mass is 10.3. The van der Waals surface area contributed by atoms with Gasteiger partial charge in [0.05, 0.1) is 26.0 Å². The Morgan fingerprint density at radius 3 is 2.39 bits per heavy atom. The summed E-state index contributed by atoms with van der Waals surface area (Å²) in [5.41, 5.74) is 0.158. The molecule has 0 spiro atoms. The fourth-order valence-corrected chi connectivity index (χ4v) is 3.99. The number of carbonyl (C=O) groups excluding carboxylic acids is 1. The van der Waals surface area contributed by atoms with Crippen LogP contribution in [-0.4, -0.2) is 64.9 Å². The fraction of sp³-hybridized carbons (Fsp3) is 0.333. The Morgan fingerprint density at radius 2 is 1.84 bits per heavy atom. The molecular formula is C15H18N8O6S2. The third-order valence-corrected chi connectivity index (χ3v) is 5.88. The molecule has 0 aliphatic rings. The molecule has 0 unspecified atom stereocenters. The Labute approximate surface area is 180 Å². The van der Waals surface area contributed by atoms with Crippen molar-refractivity contribution in [1.82, 2.24) is 34.7 Å². The molecule has 0 aliphatic heterocycles. The van der Waals surface area contributed by atoms with E-state index in [0.717, 1.165) is 0 Å². The van der Waals surface area contributed by atoms with E-state index < -0.39 is 16.1 Å². The Morgan fingerprint density at radius 1 is 1.19 bits per heavy atom. The van der Waals surface area contributed by atoms with E-state index in [9.17, 15) is 13.2 Å². The van der Waals surface area contributed by atoms with Gasteiger partial charge in [-0.05, 0) is 13.2 Å². The van der Waals surface area contributed by atoms with Gasteiger partial charge in [0.1, 0.15) is 4.90 Å². The van der Waals surface area contributed by atoms with Gasteiger partial charge in [-0.2, -0.15) is 15.1 Å². The number of nitrogens with zero attached hydrogens (tertiary/aromatic N) is 6. The minimum Gasteiger partial charge on any atom is -0.481 e. The van der Waals surface area contributed by atoms with Crippen LogP contribution in [0.1, 0.15) is 5.69 Å². The first-order valence-electron chi connectivity index (χ1n) is 8.40. The third-order valence-electron chi connectivity index (χ3n) is 3.88. The van der Waals surface area contributed by atoms with Crippen molar-refractivity contribution in [2.45, 2.75) is 17.0 Å². The van der Waals surface area contributed by atoms with Crippen LogP contribution in [0.5, 0.6) is 11.8 Å². The van der Waals surface area contributed by atoms with Gasteiger partial charge in [0, 0.05) is 7.05 Å². The maximum atomic E-state index is 13.0. The highest BCUT2D eigenvalue weighted by Crippen LogP contribution is 2.29. The van der Waals surface area contributed by atoms with Crippen molar-refractivity contribution in [3.8, 4) is 23.3 Å². The highest BCUT2D eigenvalue weighted by atomic mass is 32.2. The number of nitrogens with one attached hydrogen (secondary N) is 2. The summed E-state index contributed by atoms with van der Waals surface area (Å²) in [5.74, 6) is -0.115. The molecular weight excluding hydrogens is 452 g/mol. The van der Waals surface area contributed by atoms with Crippen molar-refractivity contribution in [2.75, 3.05) is 25.8 Å². The van der Waals surface area contributed by atoms with Gasteiger partial charge >= 0.3 is 6.03 Å². The van der Waals surface area contributed by atoms with E-state index in [1.165, 1.54) is 43.7 Å². The summed E-state index contributed by atoms with van der Waals surface area (Å²) >= 11 is 1.19. The van der Waals surface area contributed by atoms with Gasteiger partial charge < -0.3 is 13.9 Å². The summed E-state index contributed by atoms with van der Waals surface area (Å²) in [7, 11) is -0.126. The molecule has 0 radical (unpaired) electrons. The smallest absolute Gasteiger partial charge is 0.335 e. The second-order valence-electron chi connectivity index (χ2n) is 5.80. The molecule has 0 saturated heterocycles. The summed E-state index contributed by atoms with van der Waals surface area (Å²) in [6, 6.07) is 0.276. The topological polar surface area (TPSA) is 176 Å². The normalized spacial score (nSPS) is 11.3. The summed E-state index contributed by atoms with van der Waals surface area (Å²) in [5, 5.41) is 14.2. The van der Waals surface area contributed by atoms with Gasteiger partial charge in [-0.1, -0.05) is 11.8 Å². The average molecular weight is 470 g/mol. The molecule has 0 aliphatic carbocycles. The van der Waals surface area contributed by atoms with Crippen LogP contribution < -0.4 is 19.5 Å². The largest absolute Gasteiger partial charge is 0.481 e. The summed E-state index contributed by atoms with van der Waals surface area (Å²) in [4.78, 5) is 19.9. The number of anilines is 1. The van der Waals surface area contributed by atoms with Gasteiger partial charge in [0.25, 0.3) is 21.1 Å². The molecule has 3 aromatic heterocycles. The molecule has 0 saturated carbocycles. The van der Waals surface area contributed by atoms with Crippen LogP contribution in [0.3, 0.4) is 0 Å². The molecule has 3 aromatic rings.